The lowest BCUT2D eigenvalue weighted by Gasteiger charge is -2.14. The lowest BCUT2D eigenvalue weighted by molar-refractivity contribution is -0.125. The first-order valence-corrected chi connectivity index (χ1v) is 9.43. The summed E-state index contributed by atoms with van der Waals surface area (Å²) in [7, 11) is 2.99. The molecule has 0 aliphatic carbocycles. The van der Waals surface area contributed by atoms with Crippen LogP contribution in [0.15, 0.2) is 25.0 Å². The number of carbonyl (C=O) groups is 1. The van der Waals surface area contributed by atoms with Gasteiger partial charge in [0.15, 0.2) is 5.65 Å². The zero-order valence-electron chi connectivity index (χ0n) is 17.1. The summed E-state index contributed by atoms with van der Waals surface area (Å²) in [6.45, 7) is 4.65. The summed E-state index contributed by atoms with van der Waals surface area (Å²) in [6, 6.07) is 1.49. The molecule has 0 saturated carbocycles. The maximum absolute atomic E-state index is 12.0. The van der Waals surface area contributed by atoms with Crippen molar-refractivity contribution in [2.45, 2.75) is 12.5 Å². The van der Waals surface area contributed by atoms with Crippen molar-refractivity contribution in [3.63, 3.8) is 0 Å². The van der Waals surface area contributed by atoms with Gasteiger partial charge in [0, 0.05) is 13.1 Å². The first-order chi connectivity index (χ1) is 15.0. The molecular formula is C20H20N8O3. The van der Waals surface area contributed by atoms with E-state index in [0.717, 1.165) is 6.42 Å². The summed E-state index contributed by atoms with van der Waals surface area (Å²) in [6.07, 6.45) is 3.41. The lowest BCUT2D eigenvalue weighted by atomic mass is 10.2. The number of nitrogen functional groups attached to an aromatic ring is 1. The van der Waals surface area contributed by atoms with Gasteiger partial charge in [-0.05, 0) is 24.3 Å². The molecule has 1 amide bonds. The van der Waals surface area contributed by atoms with Crippen LogP contribution in [0.4, 0.5) is 5.82 Å². The Morgan fingerprint density at radius 3 is 2.68 bits per heavy atom. The maximum Gasteiger partial charge on any atom is 0.246 e. The van der Waals surface area contributed by atoms with E-state index in [1.807, 2.05) is 0 Å². The van der Waals surface area contributed by atoms with Crippen molar-refractivity contribution in [1.29, 1.82) is 0 Å². The topological polar surface area (TPSA) is 134 Å². The Morgan fingerprint density at radius 1 is 1.26 bits per heavy atom. The second-order valence-corrected chi connectivity index (χ2v) is 6.71. The highest BCUT2D eigenvalue weighted by Crippen LogP contribution is 2.28. The van der Waals surface area contributed by atoms with Gasteiger partial charge in [-0.1, -0.05) is 6.58 Å². The molecule has 0 unspecified atom stereocenters. The number of fused-ring (bicyclic) bond motifs is 1. The van der Waals surface area contributed by atoms with Gasteiger partial charge in [0.05, 0.1) is 31.7 Å². The van der Waals surface area contributed by atoms with Crippen LogP contribution in [0.25, 0.3) is 11.0 Å². The molecule has 4 heterocycles. The van der Waals surface area contributed by atoms with Crippen LogP contribution in [0.5, 0.6) is 11.8 Å². The van der Waals surface area contributed by atoms with E-state index in [9.17, 15) is 4.79 Å². The summed E-state index contributed by atoms with van der Waals surface area (Å²) >= 11 is 0. The number of hydrogen-bond acceptors (Lipinski definition) is 9. The van der Waals surface area contributed by atoms with E-state index in [-0.39, 0.29) is 23.6 Å². The highest BCUT2D eigenvalue weighted by atomic mass is 16.5. The highest BCUT2D eigenvalue weighted by molar-refractivity contribution is 5.90. The van der Waals surface area contributed by atoms with Gasteiger partial charge in [-0.2, -0.15) is 15.1 Å². The first-order valence-electron chi connectivity index (χ1n) is 9.43. The van der Waals surface area contributed by atoms with E-state index in [0.29, 0.717) is 41.6 Å². The minimum atomic E-state index is -0.114. The third kappa shape index (κ3) is 3.83. The summed E-state index contributed by atoms with van der Waals surface area (Å²) in [5, 5.41) is 5.17. The van der Waals surface area contributed by atoms with Crippen molar-refractivity contribution >= 4 is 22.8 Å². The number of amides is 1. The van der Waals surface area contributed by atoms with Gasteiger partial charge in [0.1, 0.15) is 17.8 Å². The van der Waals surface area contributed by atoms with Crippen LogP contribution >= 0.6 is 0 Å². The van der Waals surface area contributed by atoms with Crippen LogP contribution in [-0.2, 0) is 4.79 Å². The fourth-order valence-corrected chi connectivity index (χ4v) is 3.39. The average Bonchev–Trinajstić information content (AvgIpc) is 3.42. The standard InChI is InChI=1S/C20H20N8O3/c1-4-17(29)27-8-7-12(10-27)28-20-18(19(21)22-11-23-20)13(26-28)5-6-14-24-15(30-2)9-16(25-14)31-3/h4,9,11-12H,1,7-8,10H2,2-3H3,(H2,21,22,23)/t12-/m0/s1. The van der Waals surface area contributed by atoms with E-state index in [1.54, 1.807) is 15.6 Å². The number of rotatable bonds is 4. The Bertz CT molecular complexity index is 1200. The molecule has 4 rings (SSSR count). The molecule has 0 bridgehead atoms. The van der Waals surface area contributed by atoms with E-state index in [1.165, 1.54) is 26.6 Å². The smallest absolute Gasteiger partial charge is 0.246 e. The lowest BCUT2D eigenvalue weighted by Crippen LogP contribution is -2.27. The second kappa shape index (κ2) is 8.27. The molecule has 1 atom stereocenters. The molecule has 31 heavy (non-hydrogen) atoms. The number of carbonyl (C=O) groups excluding carboxylic acids is 1. The Morgan fingerprint density at radius 2 is 2.00 bits per heavy atom. The Kier molecular flexibility index (Phi) is 5.36. The molecule has 0 spiro atoms. The molecule has 1 aliphatic heterocycles. The molecule has 1 fully saturated rings. The van der Waals surface area contributed by atoms with Gasteiger partial charge in [-0.25, -0.2) is 14.6 Å². The Hall–Kier alpha value is -4.20. The summed E-state index contributed by atoms with van der Waals surface area (Å²) in [4.78, 5) is 30.5. The van der Waals surface area contributed by atoms with Crippen molar-refractivity contribution in [1.82, 2.24) is 34.6 Å². The molecule has 11 heteroatoms. The fraction of sp³-hybridized carbons (Fsp3) is 0.300. The summed E-state index contributed by atoms with van der Waals surface area (Å²) in [5.41, 5.74) is 7.05. The van der Waals surface area contributed by atoms with Crippen LogP contribution in [0.3, 0.4) is 0 Å². The van der Waals surface area contributed by atoms with Crippen LogP contribution in [0.2, 0.25) is 0 Å². The molecular weight excluding hydrogens is 400 g/mol. The van der Waals surface area contributed by atoms with Crippen LogP contribution in [0, 0.1) is 11.8 Å². The number of aromatic nitrogens is 6. The third-order valence-electron chi connectivity index (χ3n) is 4.90. The monoisotopic (exact) mass is 420 g/mol. The van der Waals surface area contributed by atoms with Crippen molar-refractivity contribution in [3.05, 3.63) is 36.6 Å². The molecule has 11 nitrogen and oxygen atoms in total. The molecule has 158 valence electrons. The van der Waals surface area contributed by atoms with E-state index < -0.39 is 0 Å². The van der Waals surface area contributed by atoms with Crippen molar-refractivity contribution in [2.24, 2.45) is 0 Å². The fourth-order valence-electron chi connectivity index (χ4n) is 3.39. The Balaban J connectivity index is 1.75. The number of likely N-dealkylation sites (tertiary alicyclic amines) is 1. The SMILES string of the molecule is C=CC(=O)N1CC[C@H](n2nc(C#Cc3nc(OC)cc(OC)n3)c3c(N)ncnc32)C1. The summed E-state index contributed by atoms with van der Waals surface area (Å²) < 4.78 is 12.1. The van der Waals surface area contributed by atoms with Gasteiger partial charge in [0.2, 0.25) is 23.5 Å². The summed E-state index contributed by atoms with van der Waals surface area (Å²) in [5.74, 6) is 6.85. The molecule has 0 aromatic carbocycles. The largest absolute Gasteiger partial charge is 0.481 e. The Labute approximate surface area is 177 Å². The number of ether oxygens (including phenoxy) is 2. The average molecular weight is 420 g/mol. The van der Waals surface area contributed by atoms with Crippen LogP contribution < -0.4 is 15.2 Å². The minimum absolute atomic E-state index is 0.0654. The van der Waals surface area contributed by atoms with Gasteiger partial charge >= 0.3 is 0 Å². The normalized spacial score (nSPS) is 15.4. The zero-order valence-corrected chi connectivity index (χ0v) is 17.1. The second-order valence-electron chi connectivity index (χ2n) is 6.71. The van der Waals surface area contributed by atoms with Crippen LogP contribution in [0.1, 0.15) is 24.0 Å². The number of nitrogens with zero attached hydrogens (tertiary/aromatic N) is 7. The molecule has 0 radical (unpaired) electrons. The molecule has 3 aromatic heterocycles. The van der Waals surface area contributed by atoms with Crippen molar-refractivity contribution in [3.8, 4) is 23.6 Å². The number of nitrogens with two attached hydrogens (primary N) is 1. The van der Waals surface area contributed by atoms with Gasteiger partial charge in [-0.3, -0.25) is 4.79 Å². The van der Waals surface area contributed by atoms with E-state index >= 15 is 0 Å². The quantitative estimate of drug-likeness (QED) is 0.475. The number of hydrogen-bond donors (Lipinski definition) is 1. The number of anilines is 1. The molecule has 1 aliphatic rings. The van der Waals surface area contributed by atoms with Gasteiger partial charge in [0.25, 0.3) is 0 Å². The minimum Gasteiger partial charge on any atom is -0.481 e. The highest BCUT2D eigenvalue weighted by Gasteiger charge is 2.29. The van der Waals surface area contributed by atoms with Gasteiger partial charge in [-0.15, -0.1) is 0 Å². The molecule has 2 N–H and O–H groups in total. The van der Waals surface area contributed by atoms with Crippen molar-refractivity contribution in [2.75, 3.05) is 33.0 Å². The van der Waals surface area contributed by atoms with Crippen LogP contribution in [-0.4, -0.2) is 67.8 Å². The van der Waals surface area contributed by atoms with Gasteiger partial charge < -0.3 is 20.1 Å². The van der Waals surface area contributed by atoms with E-state index in [4.69, 9.17) is 15.2 Å². The zero-order chi connectivity index (χ0) is 22.0. The predicted molar refractivity (Wildman–Crippen MR) is 111 cm³/mol. The van der Waals surface area contributed by atoms with E-state index in [2.05, 4.69) is 43.5 Å². The third-order valence-corrected chi connectivity index (χ3v) is 4.90. The maximum atomic E-state index is 12.0. The molecule has 3 aromatic rings. The van der Waals surface area contributed by atoms with Crippen molar-refractivity contribution < 1.29 is 14.3 Å². The predicted octanol–water partition coefficient (Wildman–Crippen LogP) is 0.575. The molecule has 1 saturated heterocycles. The number of methoxy groups -OCH3 is 2. The first kappa shape index (κ1) is 20.1.